The molecule has 0 aliphatic heterocycles. The second-order valence-corrected chi connectivity index (χ2v) is 6.40. The maximum Gasteiger partial charge on any atom is 0.330 e. The number of aromatic hydroxyl groups is 1. The first-order valence-corrected chi connectivity index (χ1v) is 9.36. The van der Waals surface area contributed by atoms with Crippen molar-refractivity contribution in [2.75, 3.05) is 20.3 Å². The number of aliphatic hydroxyl groups is 2. The van der Waals surface area contributed by atoms with Crippen LogP contribution in [-0.2, 0) is 25.7 Å². The first kappa shape index (κ1) is 23.7. The molecular formula is C23H24O8. The molecule has 31 heavy (non-hydrogen) atoms. The fourth-order valence-electron chi connectivity index (χ4n) is 2.36. The van der Waals surface area contributed by atoms with Gasteiger partial charge in [0, 0.05) is 17.7 Å². The minimum Gasteiger partial charge on any atom is -0.508 e. The molecule has 2 aromatic rings. The van der Waals surface area contributed by atoms with Crippen molar-refractivity contribution < 1.29 is 39.1 Å². The lowest BCUT2D eigenvalue weighted by Gasteiger charge is -2.10. The highest BCUT2D eigenvalue weighted by molar-refractivity contribution is 5.87. The standard InChI is InChI=1S/C23H24O8/c1-29-20-8-3-16(4-9-20)5-10-22(27)30-14-19(25)15-31-23(28)11-6-17-2-7-18(13-24)21(26)12-17/h2-12,19,24-26H,13-15H2,1H3. The van der Waals surface area contributed by atoms with E-state index in [1.165, 1.54) is 24.3 Å². The fourth-order valence-corrected chi connectivity index (χ4v) is 2.36. The van der Waals surface area contributed by atoms with Crippen LogP contribution in [0.1, 0.15) is 16.7 Å². The van der Waals surface area contributed by atoms with Crippen LogP contribution >= 0.6 is 0 Å². The number of hydrogen-bond donors (Lipinski definition) is 3. The van der Waals surface area contributed by atoms with E-state index in [-0.39, 0.29) is 25.6 Å². The van der Waals surface area contributed by atoms with Crippen molar-refractivity contribution in [2.45, 2.75) is 12.7 Å². The van der Waals surface area contributed by atoms with Crippen LogP contribution in [0.4, 0.5) is 0 Å². The van der Waals surface area contributed by atoms with Crippen LogP contribution in [0.5, 0.6) is 11.5 Å². The normalized spacial score (nSPS) is 12.1. The first-order chi connectivity index (χ1) is 14.9. The van der Waals surface area contributed by atoms with Crippen LogP contribution in [-0.4, -0.2) is 53.7 Å². The van der Waals surface area contributed by atoms with Crippen LogP contribution in [0.2, 0.25) is 0 Å². The van der Waals surface area contributed by atoms with E-state index in [2.05, 4.69) is 0 Å². The molecule has 0 spiro atoms. The van der Waals surface area contributed by atoms with E-state index in [4.69, 9.17) is 19.3 Å². The van der Waals surface area contributed by atoms with Crippen molar-refractivity contribution in [3.05, 3.63) is 71.3 Å². The molecule has 0 aliphatic carbocycles. The van der Waals surface area contributed by atoms with E-state index >= 15 is 0 Å². The molecule has 0 saturated heterocycles. The van der Waals surface area contributed by atoms with Gasteiger partial charge in [0.15, 0.2) is 0 Å². The molecule has 8 nitrogen and oxygen atoms in total. The van der Waals surface area contributed by atoms with Crippen LogP contribution in [0.15, 0.2) is 54.6 Å². The number of ether oxygens (including phenoxy) is 3. The zero-order valence-electron chi connectivity index (χ0n) is 16.9. The van der Waals surface area contributed by atoms with Gasteiger partial charge in [0.05, 0.1) is 13.7 Å². The van der Waals surface area contributed by atoms with Crippen molar-refractivity contribution in [3.63, 3.8) is 0 Å². The number of hydrogen-bond acceptors (Lipinski definition) is 8. The van der Waals surface area contributed by atoms with Gasteiger partial charge >= 0.3 is 11.9 Å². The van der Waals surface area contributed by atoms with Gasteiger partial charge in [-0.2, -0.15) is 0 Å². The number of methoxy groups -OCH3 is 1. The maximum atomic E-state index is 11.7. The number of carbonyl (C=O) groups is 2. The molecular weight excluding hydrogens is 404 g/mol. The van der Waals surface area contributed by atoms with Crippen molar-refractivity contribution in [2.24, 2.45) is 0 Å². The van der Waals surface area contributed by atoms with Gasteiger partial charge in [0.1, 0.15) is 30.8 Å². The maximum absolute atomic E-state index is 11.7. The Balaban J connectivity index is 1.71. The highest BCUT2D eigenvalue weighted by Crippen LogP contribution is 2.19. The monoisotopic (exact) mass is 428 g/mol. The summed E-state index contributed by atoms with van der Waals surface area (Å²) < 4.78 is 14.8. The molecule has 0 amide bonds. The Morgan fingerprint density at radius 1 is 0.935 bits per heavy atom. The van der Waals surface area contributed by atoms with Crippen LogP contribution in [0.3, 0.4) is 0 Å². The average Bonchev–Trinajstić information content (AvgIpc) is 2.79. The third-order valence-electron chi connectivity index (χ3n) is 4.06. The molecule has 0 bridgehead atoms. The molecule has 2 rings (SSSR count). The largest absolute Gasteiger partial charge is 0.508 e. The Labute approximate surface area is 179 Å². The van der Waals surface area contributed by atoms with Crippen molar-refractivity contribution in [1.82, 2.24) is 0 Å². The lowest BCUT2D eigenvalue weighted by molar-refractivity contribution is -0.146. The van der Waals surface area contributed by atoms with E-state index in [0.717, 1.165) is 11.6 Å². The summed E-state index contributed by atoms with van der Waals surface area (Å²) in [4.78, 5) is 23.4. The Morgan fingerprint density at radius 2 is 1.48 bits per heavy atom. The lowest BCUT2D eigenvalue weighted by atomic mass is 10.1. The van der Waals surface area contributed by atoms with Gasteiger partial charge in [-0.3, -0.25) is 0 Å². The molecule has 0 heterocycles. The van der Waals surface area contributed by atoms with Crippen molar-refractivity contribution >= 4 is 24.1 Å². The fraction of sp³-hybridized carbons (Fsp3) is 0.217. The predicted octanol–water partition coefficient (Wildman–Crippen LogP) is 2.07. The van der Waals surface area contributed by atoms with Gasteiger partial charge in [0.2, 0.25) is 0 Å². The van der Waals surface area contributed by atoms with E-state index in [1.807, 2.05) is 0 Å². The van der Waals surface area contributed by atoms with Crippen LogP contribution in [0.25, 0.3) is 12.2 Å². The summed E-state index contributed by atoms with van der Waals surface area (Å²) in [6, 6.07) is 11.6. The summed E-state index contributed by atoms with van der Waals surface area (Å²) >= 11 is 0. The summed E-state index contributed by atoms with van der Waals surface area (Å²) in [6.07, 6.45) is 4.15. The smallest absolute Gasteiger partial charge is 0.330 e. The molecule has 1 unspecified atom stereocenters. The third-order valence-corrected chi connectivity index (χ3v) is 4.06. The quantitative estimate of drug-likeness (QED) is 0.388. The highest BCUT2D eigenvalue weighted by Gasteiger charge is 2.10. The average molecular weight is 428 g/mol. The zero-order valence-corrected chi connectivity index (χ0v) is 16.9. The van der Waals surface area contributed by atoms with Gasteiger partial charge in [-0.1, -0.05) is 24.3 Å². The number of carbonyl (C=O) groups excluding carboxylic acids is 2. The van der Waals surface area contributed by atoms with E-state index in [1.54, 1.807) is 43.5 Å². The number of esters is 2. The molecule has 8 heteroatoms. The molecule has 164 valence electrons. The topological polar surface area (TPSA) is 123 Å². The summed E-state index contributed by atoms with van der Waals surface area (Å²) in [5.41, 5.74) is 1.68. The van der Waals surface area contributed by atoms with Gasteiger partial charge in [-0.25, -0.2) is 9.59 Å². The number of rotatable bonds is 10. The first-order valence-electron chi connectivity index (χ1n) is 9.36. The van der Waals surface area contributed by atoms with Crippen molar-refractivity contribution in [3.8, 4) is 11.5 Å². The van der Waals surface area contributed by atoms with Gasteiger partial charge in [-0.15, -0.1) is 0 Å². The molecule has 0 radical (unpaired) electrons. The summed E-state index contributed by atoms with van der Waals surface area (Å²) in [6.45, 7) is -0.982. The summed E-state index contributed by atoms with van der Waals surface area (Å²) in [5.74, 6) is -0.746. The molecule has 0 aromatic heterocycles. The van der Waals surface area contributed by atoms with Gasteiger partial charge in [0.25, 0.3) is 0 Å². The minimum atomic E-state index is -1.18. The van der Waals surface area contributed by atoms with E-state index < -0.39 is 18.0 Å². The number of benzene rings is 2. The number of phenols is 1. The lowest BCUT2D eigenvalue weighted by Crippen LogP contribution is -2.24. The van der Waals surface area contributed by atoms with Gasteiger partial charge in [-0.05, 0) is 41.5 Å². The Kier molecular flexibility index (Phi) is 9.28. The van der Waals surface area contributed by atoms with Gasteiger partial charge < -0.3 is 29.5 Å². The molecule has 2 aromatic carbocycles. The molecule has 3 N–H and O–H groups in total. The second kappa shape index (κ2) is 12.2. The van der Waals surface area contributed by atoms with Crippen LogP contribution in [0, 0.1) is 0 Å². The van der Waals surface area contributed by atoms with E-state index in [0.29, 0.717) is 16.9 Å². The SMILES string of the molecule is COc1ccc(C=CC(=O)OCC(O)COC(=O)C=Cc2ccc(CO)c(O)c2)cc1. The van der Waals surface area contributed by atoms with E-state index in [9.17, 15) is 19.8 Å². The second-order valence-electron chi connectivity index (χ2n) is 6.40. The Morgan fingerprint density at radius 3 is 2.00 bits per heavy atom. The highest BCUT2D eigenvalue weighted by atomic mass is 16.6. The molecule has 1 atom stereocenters. The molecule has 0 aliphatic rings. The Bertz CT molecular complexity index is 931. The number of aliphatic hydroxyl groups excluding tert-OH is 2. The molecule has 0 saturated carbocycles. The minimum absolute atomic E-state index is 0.0868. The van der Waals surface area contributed by atoms with Crippen molar-refractivity contribution in [1.29, 1.82) is 0 Å². The zero-order chi connectivity index (χ0) is 22.6. The third kappa shape index (κ3) is 8.33. The summed E-state index contributed by atoms with van der Waals surface area (Å²) in [5, 5.41) is 28.5. The summed E-state index contributed by atoms with van der Waals surface area (Å²) in [7, 11) is 1.56. The van der Waals surface area contributed by atoms with Crippen LogP contribution < -0.4 is 4.74 Å². The Hall–Kier alpha value is -3.62. The predicted molar refractivity (Wildman–Crippen MR) is 113 cm³/mol. The molecule has 0 fully saturated rings.